The highest BCUT2D eigenvalue weighted by atomic mass is 35.5. The average Bonchev–Trinajstić information content (AvgIpc) is 2.87. The number of nitrogens with one attached hydrogen (secondary N) is 1. The van der Waals surface area contributed by atoms with E-state index in [2.05, 4.69) is 5.32 Å². The van der Waals surface area contributed by atoms with Gasteiger partial charge in [-0.05, 0) is 42.9 Å². The Morgan fingerprint density at radius 2 is 1.73 bits per heavy atom. The highest BCUT2D eigenvalue weighted by molar-refractivity contribution is 6.32. The second-order valence-corrected chi connectivity index (χ2v) is 7.48. The van der Waals surface area contributed by atoms with Crippen LogP contribution in [0, 0.1) is 11.8 Å². The van der Waals surface area contributed by atoms with Crippen molar-refractivity contribution in [3.05, 3.63) is 28.3 Å². The van der Waals surface area contributed by atoms with E-state index in [1.807, 2.05) is 26.0 Å². The third kappa shape index (κ3) is 3.37. The summed E-state index contributed by atoms with van der Waals surface area (Å²) >= 11 is 6.27. The van der Waals surface area contributed by atoms with Gasteiger partial charge in [0.25, 0.3) is 0 Å². The number of amides is 3. The van der Waals surface area contributed by atoms with Crippen LogP contribution in [0.1, 0.15) is 50.7 Å². The van der Waals surface area contributed by atoms with E-state index in [4.69, 9.17) is 11.6 Å². The third-order valence-electron chi connectivity index (χ3n) is 5.58. The van der Waals surface area contributed by atoms with Gasteiger partial charge in [0.15, 0.2) is 0 Å². The summed E-state index contributed by atoms with van der Waals surface area (Å²) in [5, 5.41) is 3.51. The molecular weight excluding hydrogens is 352 g/mol. The van der Waals surface area contributed by atoms with E-state index in [1.54, 1.807) is 0 Å². The molecule has 1 saturated carbocycles. The van der Waals surface area contributed by atoms with Crippen LogP contribution >= 0.6 is 11.6 Å². The van der Waals surface area contributed by atoms with Crippen molar-refractivity contribution in [3.63, 3.8) is 0 Å². The highest BCUT2D eigenvalue weighted by Crippen LogP contribution is 2.38. The van der Waals surface area contributed by atoms with Crippen molar-refractivity contribution in [2.45, 2.75) is 52.4 Å². The van der Waals surface area contributed by atoms with E-state index in [0.717, 1.165) is 48.1 Å². The van der Waals surface area contributed by atoms with Gasteiger partial charge in [-0.1, -0.05) is 44.4 Å². The number of hydrogen-bond donors (Lipinski definition) is 1. The lowest BCUT2D eigenvalue weighted by Gasteiger charge is -2.19. The molecule has 2 aliphatic rings. The maximum absolute atomic E-state index is 12.6. The lowest BCUT2D eigenvalue weighted by molar-refractivity contribution is -0.142. The predicted octanol–water partition coefficient (Wildman–Crippen LogP) is 3.58. The molecule has 0 spiro atoms. The summed E-state index contributed by atoms with van der Waals surface area (Å²) in [5.41, 5.74) is 2.59. The number of benzene rings is 1. The number of halogens is 1. The molecule has 0 radical (unpaired) electrons. The molecular formula is C20H25ClN2O3. The number of carbonyl (C=O) groups excluding carboxylic acids is 3. The molecule has 6 heteroatoms. The molecule has 0 bridgehead atoms. The van der Waals surface area contributed by atoms with Gasteiger partial charge in [0.05, 0.1) is 11.8 Å². The zero-order valence-corrected chi connectivity index (χ0v) is 16.1. The van der Waals surface area contributed by atoms with E-state index in [-0.39, 0.29) is 36.1 Å². The molecule has 1 aromatic rings. The Bertz CT molecular complexity index is 723. The van der Waals surface area contributed by atoms with Crippen LogP contribution in [0.25, 0.3) is 0 Å². The van der Waals surface area contributed by atoms with Crippen LogP contribution in [0.4, 0.5) is 5.69 Å². The quantitative estimate of drug-likeness (QED) is 0.799. The topological polar surface area (TPSA) is 66.5 Å². The molecule has 3 rings (SSSR count). The first-order valence-corrected chi connectivity index (χ1v) is 9.81. The average molecular weight is 377 g/mol. The van der Waals surface area contributed by atoms with E-state index in [1.165, 1.54) is 0 Å². The second kappa shape index (κ2) is 7.78. The number of rotatable bonds is 5. The van der Waals surface area contributed by atoms with E-state index in [0.29, 0.717) is 17.1 Å². The SMILES string of the molecule is CCc1ccc(Cl)c(CC)c1NC(=O)CN1C(=O)[C@@H]2CCCC[C@H]2C1=O. The van der Waals surface area contributed by atoms with Crippen LogP contribution in [-0.2, 0) is 27.2 Å². The minimum absolute atomic E-state index is 0.188. The second-order valence-electron chi connectivity index (χ2n) is 7.08. The molecule has 1 aromatic carbocycles. The van der Waals surface area contributed by atoms with Crippen LogP contribution in [0.5, 0.6) is 0 Å². The smallest absolute Gasteiger partial charge is 0.244 e. The predicted molar refractivity (Wildman–Crippen MR) is 101 cm³/mol. The Morgan fingerprint density at radius 1 is 1.12 bits per heavy atom. The molecule has 140 valence electrons. The number of carbonyl (C=O) groups is 3. The van der Waals surface area contributed by atoms with Gasteiger partial charge >= 0.3 is 0 Å². The van der Waals surface area contributed by atoms with Crippen molar-refractivity contribution in [1.82, 2.24) is 4.90 Å². The third-order valence-corrected chi connectivity index (χ3v) is 5.93. The summed E-state index contributed by atoms with van der Waals surface area (Å²) in [7, 11) is 0. The van der Waals surface area contributed by atoms with E-state index in [9.17, 15) is 14.4 Å². The van der Waals surface area contributed by atoms with Crippen molar-refractivity contribution in [2.75, 3.05) is 11.9 Å². The Labute approximate surface area is 159 Å². The fourth-order valence-corrected chi connectivity index (χ4v) is 4.47. The first kappa shape index (κ1) is 18.9. The standard InChI is InChI=1S/C20H25ClN2O3/c1-3-12-9-10-16(21)13(4-2)18(12)22-17(24)11-23-19(25)14-7-5-6-8-15(14)20(23)26/h9-10,14-15H,3-8,11H2,1-2H3,(H,22,24)/t14-,15-/m1/s1. The monoisotopic (exact) mass is 376 g/mol. The van der Waals surface area contributed by atoms with Crippen molar-refractivity contribution in [2.24, 2.45) is 11.8 Å². The van der Waals surface area contributed by atoms with E-state index >= 15 is 0 Å². The summed E-state index contributed by atoms with van der Waals surface area (Å²) in [5.74, 6) is -1.18. The van der Waals surface area contributed by atoms with Crippen molar-refractivity contribution in [1.29, 1.82) is 0 Å². The molecule has 1 saturated heterocycles. The maximum Gasteiger partial charge on any atom is 0.244 e. The lowest BCUT2D eigenvalue weighted by atomic mass is 9.81. The van der Waals surface area contributed by atoms with Gasteiger partial charge in [-0.2, -0.15) is 0 Å². The van der Waals surface area contributed by atoms with Gasteiger partial charge in [0.2, 0.25) is 17.7 Å². The molecule has 3 amide bonds. The van der Waals surface area contributed by atoms with Gasteiger partial charge in [-0.25, -0.2) is 0 Å². The number of aryl methyl sites for hydroxylation is 1. The highest BCUT2D eigenvalue weighted by Gasteiger charge is 2.48. The molecule has 2 fully saturated rings. The zero-order valence-electron chi connectivity index (χ0n) is 15.3. The Morgan fingerprint density at radius 3 is 2.27 bits per heavy atom. The number of imide groups is 1. The van der Waals surface area contributed by atoms with Crippen molar-refractivity contribution in [3.8, 4) is 0 Å². The summed E-state index contributed by atoms with van der Waals surface area (Å²) < 4.78 is 0. The minimum Gasteiger partial charge on any atom is -0.324 e. The van der Waals surface area contributed by atoms with Gasteiger partial charge in [0.1, 0.15) is 6.54 Å². The van der Waals surface area contributed by atoms with Crippen LogP contribution in [0.3, 0.4) is 0 Å². The molecule has 1 aliphatic carbocycles. The normalized spacial score (nSPS) is 22.5. The largest absolute Gasteiger partial charge is 0.324 e. The minimum atomic E-state index is -0.350. The van der Waals surface area contributed by atoms with Gasteiger partial charge in [0, 0.05) is 10.7 Å². The molecule has 2 atom stereocenters. The van der Waals surface area contributed by atoms with E-state index < -0.39 is 0 Å². The molecule has 0 aromatic heterocycles. The van der Waals surface area contributed by atoms with Gasteiger partial charge in [-0.15, -0.1) is 0 Å². The maximum atomic E-state index is 12.6. The summed E-state index contributed by atoms with van der Waals surface area (Å²) in [6.45, 7) is 3.77. The molecule has 26 heavy (non-hydrogen) atoms. The Kier molecular flexibility index (Phi) is 5.66. The first-order valence-electron chi connectivity index (χ1n) is 9.43. The van der Waals surface area contributed by atoms with Crippen molar-refractivity contribution < 1.29 is 14.4 Å². The molecule has 1 heterocycles. The van der Waals surface area contributed by atoms with Crippen LogP contribution in [0.2, 0.25) is 5.02 Å². The first-order chi connectivity index (χ1) is 12.5. The van der Waals surface area contributed by atoms with Gasteiger partial charge < -0.3 is 5.32 Å². The molecule has 0 unspecified atom stereocenters. The lowest BCUT2D eigenvalue weighted by Crippen LogP contribution is -2.38. The number of nitrogens with zero attached hydrogens (tertiary/aromatic N) is 1. The summed E-state index contributed by atoms with van der Waals surface area (Å²) in [6.07, 6.45) is 4.90. The Hall–Kier alpha value is -1.88. The molecule has 1 N–H and O–H groups in total. The molecule has 1 aliphatic heterocycles. The number of likely N-dealkylation sites (tertiary alicyclic amines) is 1. The summed E-state index contributed by atoms with van der Waals surface area (Å²) in [4.78, 5) is 38.8. The summed E-state index contributed by atoms with van der Waals surface area (Å²) in [6, 6.07) is 3.74. The van der Waals surface area contributed by atoms with Crippen LogP contribution in [-0.4, -0.2) is 29.2 Å². The van der Waals surface area contributed by atoms with Gasteiger partial charge in [-0.3, -0.25) is 19.3 Å². The Balaban J connectivity index is 1.77. The number of fused-ring (bicyclic) bond motifs is 1. The number of hydrogen-bond acceptors (Lipinski definition) is 3. The fourth-order valence-electron chi connectivity index (χ4n) is 4.18. The van der Waals surface area contributed by atoms with Crippen LogP contribution in [0.15, 0.2) is 12.1 Å². The molecule has 5 nitrogen and oxygen atoms in total. The zero-order chi connectivity index (χ0) is 18.8. The van der Waals surface area contributed by atoms with Crippen LogP contribution < -0.4 is 5.32 Å². The fraction of sp³-hybridized carbons (Fsp3) is 0.550. The van der Waals surface area contributed by atoms with Crippen molar-refractivity contribution >= 4 is 35.0 Å². The number of anilines is 1.